The quantitative estimate of drug-likeness (QED) is 0.556. The molecule has 0 aromatic heterocycles. The van der Waals surface area contributed by atoms with Crippen molar-refractivity contribution in [1.29, 1.82) is 0 Å². The van der Waals surface area contributed by atoms with Gasteiger partial charge in [-0.15, -0.1) is 0 Å². The number of ether oxygens (including phenoxy) is 2. The molecule has 110 valence electrons. The zero-order valence-corrected chi connectivity index (χ0v) is 12.4. The molecular weight excluding hydrogens is 250 g/mol. The van der Waals surface area contributed by atoms with Gasteiger partial charge in [0.05, 0.1) is 13.2 Å². The predicted molar refractivity (Wildman–Crippen MR) is 82.8 cm³/mol. The lowest BCUT2D eigenvalue weighted by atomic mass is 10.2. The number of unbranched alkanes of at least 4 members (excludes halogenated alkanes) is 3. The Balaban J connectivity index is 2.15. The zero-order valence-electron chi connectivity index (χ0n) is 12.4. The Morgan fingerprint density at radius 3 is 2.80 bits per heavy atom. The lowest BCUT2D eigenvalue weighted by molar-refractivity contribution is 0.0971. The maximum absolute atomic E-state index is 5.63. The van der Waals surface area contributed by atoms with Gasteiger partial charge in [0.25, 0.3) is 0 Å². The maximum atomic E-state index is 5.63. The molecule has 0 fully saturated rings. The topological polar surface area (TPSA) is 44.5 Å². The van der Waals surface area contributed by atoms with Crippen LogP contribution in [-0.4, -0.2) is 26.4 Å². The van der Waals surface area contributed by atoms with Gasteiger partial charge in [0.1, 0.15) is 12.4 Å². The van der Waals surface area contributed by atoms with Gasteiger partial charge in [0.15, 0.2) is 0 Å². The van der Waals surface area contributed by atoms with Crippen molar-refractivity contribution in [3.8, 4) is 17.6 Å². The Bertz CT molecular complexity index is 420. The third kappa shape index (κ3) is 7.83. The first kappa shape index (κ1) is 16.6. The van der Waals surface area contributed by atoms with Gasteiger partial charge in [-0.2, -0.15) is 0 Å². The van der Waals surface area contributed by atoms with Crippen LogP contribution < -0.4 is 10.5 Å². The van der Waals surface area contributed by atoms with E-state index in [1.54, 1.807) is 0 Å². The summed E-state index contributed by atoms with van der Waals surface area (Å²) in [6.45, 7) is 4.61. The molecule has 0 atom stereocenters. The van der Waals surface area contributed by atoms with Crippen molar-refractivity contribution in [2.45, 2.75) is 32.6 Å². The Hall–Kier alpha value is -1.50. The second kappa shape index (κ2) is 11.3. The molecule has 2 N–H and O–H groups in total. The van der Waals surface area contributed by atoms with Crippen LogP contribution in [0.15, 0.2) is 24.3 Å². The van der Waals surface area contributed by atoms with E-state index in [2.05, 4.69) is 18.8 Å². The maximum Gasteiger partial charge on any atom is 0.120 e. The number of benzene rings is 1. The molecule has 1 rings (SSSR count). The van der Waals surface area contributed by atoms with Crippen molar-refractivity contribution in [1.82, 2.24) is 0 Å². The van der Waals surface area contributed by atoms with Crippen LogP contribution in [0, 0.1) is 11.8 Å². The van der Waals surface area contributed by atoms with Crippen molar-refractivity contribution < 1.29 is 9.47 Å². The summed E-state index contributed by atoms with van der Waals surface area (Å²) in [6.07, 6.45) is 4.93. The Morgan fingerprint density at radius 2 is 2.00 bits per heavy atom. The van der Waals surface area contributed by atoms with Crippen molar-refractivity contribution >= 4 is 0 Å². The van der Waals surface area contributed by atoms with E-state index in [1.165, 1.54) is 19.3 Å². The molecule has 0 heterocycles. The minimum atomic E-state index is 0.372. The third-order valence-corrected chi connectivity index (χ3v) is 2.81. The zero-order chi connectivity index (χ0) is 14.5. The van der Waals surface area contributed by atoms with Gasteiger partial charge in [-0.3, -0.25) is 0 Å². The monoisotopic (exact) mass is 275 g/mol. The molecule has 0 saturated heterocycles. The molecule has 20 heavy (non-hydrogen) atoms. The van der Waals surface area contributed by atoms with E-state index in [-0.39, 0.29) is 0 Å². The van der Waals surface area contributed by atoms with Gasteiger partial charge in [-0.05, 0) is 24.6 Å². The molecule has 1 aromatic carbocycles. The molecule has 0 bridgehead atoms. The molecule has 0 amide bonds. The summed E-state index contributed by atoms with van der Waals surface area (Å²) in [5, 5.41) is 0. The predicted octanol–water partition coefficient (Wildman–Crippen LogP) is 2.97. The molecule has 0 radical (unpaired) electrons. The summed E-state index contributed by atoms with van der Waals surface area (Å²) < 4.78 is 11.2. The van der Waals surface area contributed by atoms with Gasteiger partial charge >= 0.3 is 0 Å². The fraction of sp³-hybridized carbons (Fsp3) is 0.529. The number of hydrogen-bond donors (Lipinski definition) is 1. The first-order valence-corrected chi connectivity index (χ1v) is 7.36. The molecule has 0 aliphatic rings. The van der Waals surface area contributed by atoms with Crippen molar-refractivity contribution in [2.24, 2.45) is 5.73 Å². The minimum Gasteiger partial charge on any atom is -0.491 e. The highest BCUT2D eigenvalue weighted by Crippen LogP contribution is 2.12. The van der Waals surface area contributed by atoms with Gasteiger partial charge in [-0.1, -0.05) is 44.1 Å². The molecule has 3 heteroatoms. The smallest absolute Gasteiger partial charge is 0.120 e. The molecule has 0 aliphatic carbocycles. The third-order valence-electron chi connectivity index (χ3n) is 2.81. The standard InChI is InChI=1S/C17H25NO2/c1-2-3-4-5-12-19-13-14-20-17-10-6-8-16(15-17)9-7-11-18/h6,8,10,15H,2-5,11-14,18H2,1H3. The summed E-state index contributed by atoms with van der Waals surface area (Å²) in [6, 6.07) is 7.72. The van der Waals surface area contributed by atoms with Crippen LogP contribution in [0.5, 0.6) is 5.75 Å². The number of rotatable bonds is 9. The molecule has 3 nitrogen and oxygen atoms in total. The molecule has 0 spiro atoms. The summed E-state index contributed by atoms with van der Waals surface area (Å²) >= 11 is 0. The second-order valence-corrected chi connectivity index (χ2v) is 4.56. The van der Waals surface area contributed by atoms with E-state index in [9.17, 15) is 0 Å². The van der Waals surface area contributed by atoms with Crippen LogP contribution in [0.1, 0.15) is 38.2 Å². The van der Waals surface area contributed by atoms with E-state index in [1.807, 2.05) is 24.3 Å². The van der Waals surface area contributed by atoms with E-state index < -0.39 is 0 Å². The van der Waals surface area contributed by atoms with Gasteiger partial charge in [0, 0.05) is 12.2 Å². The average molecular weight is 275 g/mol. The summed E-state index contributed by atoms with van der Waals surface area (Å²) in [5.74, 6) is 6.64. The van der Waals surface area contributed by atoms with Crippen molar-refractivity contribution in [3.05, 3.63) is 29.8 Å². The SMILES string of the molecule is CCCCCCOCCOc1cccc(C#CCN)c1. The summed E-state index contributed by atoms with van der Waals surface area (Å²) in [7, 11) is 0. The Kier molecular flexibility index (Phi) is 9.38. The van der Waals surface area contributed by atoms with E-state index in [4.69, 9.17) is 15.2 Å². The van der Waals surface area contributed by atoms with Crippen molar-refractivity contribution in [2.75, 3.05) is 26.4 Å². The molecule has 0 saturated carbocycles. The fourth-order valence-electron chi connectivity index (χ4n) is 1.77. The van der Waals surface area contributed by atoms with E-state index in [0.29, 0.717) is 19.8 Å². The molecule has 0 unspecified atom stereocenters. The summed E-state index contributed by atoms with van der Waals surface area (Å²) in [5.41, 5.74) is 6.27. The number of nitrogens with two attached hydrogens (primary N) is 1. The summed E-state index contributed by atoms with van der Waals surface area (Å²) in [4.78, 5) is 0. The Morgan fingerprint density at radius 1 is 1.10 bits per heavy atom. The Labute approximate surface area is 122 Å². The van der Waals surface area contributed by atoms with E-state index in [0.717, 1.165) is 24.3 Å². The first-order chi connectivity index (χ1) is 9.86. The van der Waals surface area contributed by atoms with Crippen LogP contribution in [0.25, 0.3) is 0 Å². The highest BCUT2D eigenvalue weighted by molar-refractivity contribution is 5.39. The fourth-order valence-corrected chi connectivity index (χ4v) is 1.77. The second-order valence-electron chi connectivity index (χ2n) is 4.56. The molecular formula is C17H25NO2. The molecule has 0 aliphatic heterocycles. The van der Waals surface area contributed by atoms with Crippen molar-refractivity contribution in [3.63, 3.8) is 0 Å². The van der Waals surface area contributed by atoms with Crippen LogP contribution >= 0.6 is 0 Å². The van der Waals surface area contributed by atoms with Crippen LogP contribution in [-0.2, 0) is 4.74 Å². The van der Waals surface area contributed by atoms with Gasteiger partial charge in [0.2, 0.25) is 0 Å². The lowest BCUT2D eigenvalue weighted by Gasteiger charge is -2.07. The van der Waals surface area contributed by atoms with Gasteiger partial charge in [-0.25, -0.2) is 0 Å². The average Bonchev–Trinajstić information content (AvgIpc) is 2.48. The number of hydrogen-bond acceptors (Lipinski definition) is 3. The van der Waals surface area contributed by atoms with Crippen LogP contribution in [0.3, 0.4) is 0 Å². The normalized spacial score (nSPS) is 9.90. The first-order valence-electron chi connectivity index (χ1n) is 7.36. The minimum absolute atomic E-state index is 0.372. The highest BCUT2D eigenvalue weighted by Gasteiger charge is 1.95. The largest absolute Gasteiger partial charge is 0.491 e. The molecule has 1 aromatic rings. The van der Waals surface area contributed by atoms with Crippen LogP contribution in [0.2, 0.25) is 0 Å². The van der Waals surface area contributed by atoms with Crippen LogP contribution in [0.4, 0.5) is 0 Å². The van der Waals surface area contributed by atoms with E-state index >= 15 is 0 Å². The van der Waals surface area contributed by atoms with Gasteiger partial charge < -0.3 is 15.2 Å². The lowest BCUT2D eigenvalue weighted by Crippen LogP contribution is -2.07. The highest BCUT2D eigenvalue weighted by atomic mass is 16.5.